The van der Waals surface area contributed by atoms with Gasteiger partial charge in [-0.2, -0.15) is 0 Å². The van der Waals surface area contributed by atoms with E-state index in [0.717, 1.165) is 51.5 Å². The Bertz CT molecular complexity index is 821. The number of nitrogens with one attached hydrogen (secondary N) is 3. The Morgan fingerprint density at radius 1 is 1.19 bits per heavy atom. The average Bonchev–Trinajstić information content (AvgIpc) is 3.13. The summed E-state index contributed by atoms with van der Waals surface area (Å²) in [6.45, 7) is 6.45. The summed E-state index contributed by atoms with van der Waals surface area (Å²) in [4.78, 5) is 19.2. The van der Waals surface area contributed by atoms with E-state index in [1.807, 2.05) is 0 Å². The highest BCUT2D eigenvalue weighted by atomic mass is 35.5. The number of nitrogens with zero attached hydrogens (tertiary/aromatic N) is 1. The van der Waals surface area contributed by atoms with Crippen molar-refractivity contribution in [3.63, 3.8) is 0 Å². The number of amides is 1. The van der Waals surface area contributed by atoms with Crippen LogP contribution in [0, 0.1) is 0 Å². The molecule has 3 N–H and O–H groups in total. The van der Waals surface area contributed by atoms with Gasteiger partial charge in [0.2, 0.25) is 0 Å². The molecule has 2 aliphatic rings. The summed E-state index contributed by atoms with van der Waals surface area (Å²) < 4.78 is 5.58. The van der Waals surface area contributed by atoms with E-state index in [2.05, 4.69) is 28.5 Å². The number of ether oxygens (including phenoxy) is 1. The van der Waals surface area contributed by atoms with Gasteiger partial charge in [0, 0.05) is 18.2 Å². The number of rotatable bonds is 5. The number of piperazine rings is 1. The normalized spacial score (nSPS) is 21.4. The van der Waals surface area contributed by atoms with Gasteiger partial charge in [-0.25, -0.2) is 4.98 Å². The number of hydrogen-bond acceptors (Lipinski definition) is 3. The van der Waals surface area contributed by atoms with Crippen molar-refractivity contribution in [1.29, 1.82) is 0 Å². The number of pyridine rings is 1. The molecule has 0 atom stereocenters. The Kier molecular flexibility index (Phi) is 5.57. The van der Waals surface area contributed by atoms with Crippen molar-refractivity contribution in [2.75, 3.05) is 44.6 Å². The van der Waals surface area contributed by atoms with Crippen LogP contribution in [0.3, 0.4) is 0 Å². The lowest BCUT2D eigenvalue weighted by atomic mass is 10.1. The molecule has 0 aliphatic carbocycles. The second-order valence-electron chi connectivity index (χ2n) is 7.28. The van der Waals surface area contributed by atoms with Crippen molar-refractivity contribution in [1.82, 2.24) is 4.98 Å². The molecule has 0 radical (unpaired) electrons. The average molecular weight is 389 g/mol. The number of hydrogen-bond donors (Lipinski definition) is 3. The minimum absolute atomic E-state index is 0.0121. The maximum atomic E-state index is 12.3. The van der Waals surface area contributed by atoms with Gasteiger partial charge >= 0.3 is 0 Å². The highest BCUT2D eigenvalue weighted by molar-refractivity contribution is 6.32. The predicted molar refractivity (Wildman–Crippen MR) is 103 cm³/mol. The topological polar surface area (TPSA) is 60.1 Å². The Hall–Kier alpha value is -2.15. The van der Waals surface area contributed by atoms with Crippen LogP contribution >= 0.6 is 11.6 Å². The second-order valence-corrected chi connectivity index (χ2v) is 7.64. The molecule has 4 rings (SSSR count). The summed E-state index contributed by atoms with van der Waals surface area (Å²) in [5.41, 5.74) is 3.29. The number of benzene rings is 1. The molecule has 0 saturated carbocycles. The molecule has 1 aromatic heterocycles. The monoisotopic (exact) mass is 388 g/mol. The van der Waals surface area contributed by atoms with Crippen LogP contribution in [0.25, 0.3) is 0 Å². The van der Waals surface area contributed by atoms with Gasteiger partial charge in [-0.05, 0) is 35.9 Å². The van der Waals surface area contributed by atoms with Crippen LogP contribution in [0.1, 0.15) is 11.1 Å². The number of carbonyl (C=O) groups excluding carboxylic acids is 1. The summed E-state index contributed by atoms with van der Waals surface area (Å²) in [5.74, 6) is 1.03. The first kappa shape index (κ1) is 18.2. The fourth-order valence-corrected chi connectivity index (χ4v) is 4.02. The quantitative estimate of drug-likeness (QED) is 0.610. The first-order valence-corrected chi connectivity index (χ1v) is 9.87. The van der Waals surface area contributed by atoms with E-state index in [4.69, 9.17) is 16.3 Å². The highest BCUT2D eigenvalue weighted by Crippen LogP contribution is 2.25. The van der Waals surface area contributed by atoms with Crippen LogP contribution < -0.4 is 19.9 Å². The Morgan fingerprint density at radius 3 is 2.81 bits per heavy atom. The third-order valence-corrected chi connectivity index (χ3v) is 5.62. The largest absolute Gasteiger partial charge is 0.493 e. The Balaban J connectivity index is 1.24. The summed E-state index contributed by atoms with van der Waals surface area (Å²) in [6, 6.07) is 10.1. The molecule has 0 spiro atoms. The van der Waals surface area contributed by atoms with E-state index in [-0.39, 0.29) is 5.91 Å². The number of quaternary nitrogens is 2. The fraction of sp³-hybridized carbons (Fsp3) is 0.400. The smallest absolute Gasteiger partial charge is 0.279 e. The predicted octanol–water partition coefficient (Wildman–Crippen LogP) is -0.408. The molecular weight excluding hydrogens is 364 g/mol. The summed E-state index contributed by atoms with van der Waals surface area (Å²) in [7, 11) is 0. The van der Waals surface area contributed by atoms with Gasteiger partial charge in [-0.15, -0.1) is 0 Å². The molecule has 3 heterocycles. The Morgan fingerprint density at radius 2 is 2.00 bits per heavy atom. The van der Waals surface area contributed by atoms with Crippen LogP contribution in [0.4, 0.5) is 5.69 Å². The maximum Gasteiger partial charge on any atom is 0.279 e. The first-order valence-electron chi connectivity index (χ1n) is 9.49. The Labute approximate surface area is 164 Å². The zero-order valence-electron chi connectivity index (χ0n) is 15.3. The molecule has 1 aromatic carbocycles. The van der Waals surface area contributed by atoms with Crippen molar-refractivity contribution < 1.29 is 19.3 Å². The number of carbonyl (C=O) groups is 1. The maximum absolute atomic E-state index is 12.3. The van der Waals surface area contributed by atoms with Crippen molar-refractivity contribution >= 4 is 23.2 Å². The standard InChI is InChI=1S/C20H23ClN4O2/c21-20-17(2-1-6-22-20)23-19(26)14-25-9-7-24(8-10-25)13-15-3-4-18-16(12-15)5-11-27-18/h1-4,6,12H,5,7-11,13-14H2,(H,23,26)/p+2. The number of fused-ring (bicyclic) bond motifs is 1. The van der Waals surface area contributed by atoms with E-state index in [0.29, 0.717) is 17.4 Å². The zero-order chi connectivity index (χ0) is 18.6. The van der Waals surface area contributed by atoms with E-state index in [1.54, 1.807) is 23.2 Å². The van der Waals surface area contributed by atoms with Gasteiger partial charge in [-0.1, -0.05) is 11.6 Å². The van der Waals surface area contributed by atoms with Crippen LogP contribution in [-0.2, 0) is 17.8 Å². The van der Waals surface area contributed by atoms with Gasteiger partial charge in [-0.3, -0.25) is 4.79 Å². The molecule has 2 aromatic rings. The van der Waals surface area contributed by atoms with Crippen LogP contribution in [-0.4, -0.2) is 50.2 Å². The molecule has 1 fully saturated rings. The number of halogens is 1. The summed E-state index contributed by atoms with van der Waals surface area (Å²) >= 11 is 6.00. The molecule has 142 valence electrons. The first-order chi connectivity index (χ1) is 13.2. The SMILES string of the molecule is O=C(C[NH+]1CC[NH+](Cc2ccc3c(c2)CCO3)CC1)Nc1cccnc1Cl. The van der Waals surface area contributed by atoms with E-state index >= 15 is 0 Å². The molecular formula is C20H25ClN4O2+2. The molecule has 0 bridgehead atoms. The number of anilines is 1. The van der Waals surface area contributed by atoms with Crippen molar-refractivity contribution in [3.8, 4) is 5.75 Å². The molecule has 7 heteroatoms. The molecule has 1 saturated heterocycles. The summed E-state index contributed by atoms with van der Waals surface area (Å²) in [5, 5.41) is 3.19. The van der Waals surface area contributed by atoms with Crippen molar-refractivity contribution in [2.24, 2.45) is 0 Å². The lowest BCUT2D eigenvalue weighted by Crippen LogP contribution is -3.28. The number of aromatic nitrogens is 1. The lowest BCUT2D eigenvalue weighted by molar-refractivity contribution is -1.02. The van der Waals surface area contributed by atoms with Crippen LogP contribution in [0.15, 0.2) is 36.5 Å². The molecule has 0 unspecified atom stereocenters. The van der Waals surface area contributed by atoms with E-state index < -0.39 is 0 Å². The lowest BCUT2D eigenvalue weighted by Gasteiger charge is -2.29. The second kappa shape index (κ2) is 8.25. The minimum Gasteiger partial charge on any atom is -0.493 e. The highest BCUT2D eigenvalue weighted by Gasteiger charge is 2.25. The molecule has 27 heavy (non-hydrogen) atoms. The van der Waals surface area contributed by atoms with Gasteiger partial charge in [0.05, 0.1) is 12.3 Å². The third-order valence-electron chi connectivity index (χ3n) is 5.32. The van der Waals surface area contributed by atoms with Gasteiger partial charge < -0.3 is 19.9 Å². The van der Waals surface area contributed by atoms with Gasteiger partial charge in [0.1, 0.15) is 38.5 Å². The van der Waals surface area contributed by atoms with E-state index in [1.165, 1.54) is 16.0 Å². The minimum atomic E-state index is -0.0121. The fourth-order valence-electron chi connectivity index (χ4n) is 3.85. The van der Waals surface area contributed by atoms with E-state index in [9.17, 15) is 4.79 Å². The zero-order valence-corrected chi connectivity index (χ0v) is 16.0. The molecule has 2 aliphatic heterocycles. The third kappa shape index (κ3) is 4.58. The summed E-state index contributed by atoms with van der Waals surface area (Å²) in [6.07, 6.45) is 2.63. The van der Waals surface area contributed by atoms with Gasteiger partial charge in [0.25, 0.3) is 5.91 Å². The van der Waals surface area contributed by atoms with Crippen molar-refractivity contribution in [2.45, 2.75) is 13.0 Å². The van der Waals surface area contributed by atoms with Crippen LogP contribution in [0.2, 0.25) is 5.15 Å². The molecule has 1 amide bonds. The van der Waals surface area contributed by atoms with Gasteiger partial charge in [0.15, 0.2) is 11.7 Å². The molecule has 6 nitrogen and oxygen atoms in total. The van der Waals surface area contributed by atoms with Crippen molar-refractivity contribution in [3.05, 3.63) is 52.8 Å². The van der Waals surface area contributed by atoms with Crippen LogP contribution in [0.5, 0.6) is 5.75 Å².